The van der Waals surface area contributed by atoms with E-state index in [1.807, 2.05) is 0 Å². The van der Waals surface area contributed by atoms with Gasteiger partial charge in [-0.25, -0.2) is 4.79 Å². The average molecular weight is 388 g/mol. The van der Waals surface area contributed by atoms with Crippen molar-refractivity contribution in [3.05, 3.63) is 70.3 Å². The van der Waals surface area contributed by atoms with Gasteiger partial charge in [0.25, 0.3) is 0 Å². The van der Waals surface area contributed by atoms with Crippen LogP contribution in [0, 0.1) is 6.92 Å². The summed E-state index contributed by atoms with van der Waals surface area (Å²) in [7, 11) is 0. The molecule has 0 bridgehead atoms. The highest BCUT2D eigenvalue weighted by atomic mass is 16.6. The van der Waals surface area contributed by atoms with Gasteiger partial charge in [-0.15, -0.1) is 0 Å². The molecule has 3 heteroatoms. The molecular weight excluding hydrogens is 358 g/mol. The van der Waals surface area contributed by atoms with Gasteiger partial charge in [-0.05, 0) is 47.2 Å². The number of cyclic esters (lactones) is 1. The Morgan fingerprint density at radius 2 is 2.00 bits per heavy atom. The molecule has 0 spiro atoms. The number of unbranched alkanes of at least 4 members (excludes halogenated alkanes) is 3. The average Bonchev–Trinajstić information content (AvgIpc) is 3.05. The standard InChI is InChI=1S/C26H29NO2/c1-3-4-5-8-14-26-22-12-11-18(2)16-19(22)17-23(26)20-9-6-7-10-21(20)24-13-15-29-25(28)27(24)26/h6-7,9-12,16-17,24H,3-5,8,13-15H2,1-2H3. The fraction of sp³-hybridized carbons (Fsp3) is 0.423. The smallest absolute Gasteiger partial charge is 0.411 e. The number of hydrogen-bond acceptors (Lipinski definition) is 2. The van der Waals surface area contributed by atoms with E-state index in [1.54, 1.807) is 0 Å². The molecule has 2 aromatic rings. The topological polar surface area (TPSA) is 29.5 Å². The van der Waals surface area contributed by atoms with E-state index >= 15 is 0 Å². The minimum atomic E-state index is -0.409. The van der Waals surface area contributed by atoms with E-state index in [4.69, 9.17) is 4.74 Å². The third-order valence-corrected chi connectivity index (χ3v) is 6.94. The van der Waals surface area contributed by atoms with Crippen molar-refractivity contribution in [2.24, 2.45) is 0 Å². The first-order valence-corrected chi connectivity index (χ1v) is 11.1. The van der Waals surface area contributed by atoms with Gasteiger partial charge in [-0.2, -0.15) is 0 Å². The number of amides is 1. The van der Waals surface area contributed by atoms with Gasteiger partial charge in [0.15, 0.2) is 0 Å². The van der Waals surface area contributed by atoms with Crippen LogP contribution in [0.1, 0.15) is 79.3 Å². The molecule has 1 amide bonds. The van der Waals surface area contributed by atoms with Crippen molar-refractivity contribution in [2.45, 2.75) is 64.0 Å². The first-order valence-electron chi connectivity index (χ1n) is 11.1. The van der Waals surface area contributed by atoms with E-state index in [1.165, 1.54) is 52.7 Å². The maximum Gasteiger partial charge on any atom is 0.411 e. The molecule has 1 saturated heterocycles. The van der Waals surface area contributed by atoms with E-state index in [-0.39, 0.29) is 12.1 Å². The first-order chi connectivity index (χ1) is 14.2. The second kappa shape index (κ2) is 7.05. The molecule has 2 unspecified atom stereocenters. The minimum Gasteiger partial charge on any atom is -0.449 e. The van der Waals surface area contributed by atoms with Gasteiger partial charge >= 0.3 is 6.09 Å². The molecule has 2 atom stereocenters. The summed E-state index contributed by atoms with van der Waals surface area (Å²) in [5.74, 6) is 0. The number of benzene rings is 2. The third-order valence-electron chi connectivity index (χ3n) is 6.94. The summed E-state index contributed by atoms with van der Waals surface area (Å²) in [6.07, 6.45) is 8.73. The summed E-state index contributed by atoms with van der Waals surface area (Å²) < 4.78 is 5.62. The molecule has 150 valence electrons. The SMILES string of the molecule is CCCCCCC12C(=Cc3cc(C)ccc31)c1ccccc1C1CCOC(=O)N12. The Hall–Kier alpha value is -2.55. The van der Waals surface area contributed by atoms with Crippen molar-refractivity contribution >= 4 is 17.7 Å². The number of carbonyl (C=O) groups is 1. The maximum absolute atomic E-state index is 13.2. The van der Waals surface area contributed by atoms with E-state index < -0.39 is 5.54 Å². The van der Waals surface area contributed by atoms with E-state index in [9.17, 15) is 4.79 Å². The molecule has 0 N–H and O–H groups in total. The second-order valence-corrected chi connectivity index (χ2v) is 8.70. The Balaban J connectivity index is 1.73. The fourth-order valence-corrected chi connectivity index (χ4v) is 5.69. The highest BCUT2D eigenvalue weighted by molar-refractivity contribution is 5.98. The molecule has 1 aliphatic carbocycles. The number of rotatable bonds is 5. The molecule has 3 aliphatic rings. The predicted molar refractivity (Wildman–Crippen MR) is 116 cm³/mol. The molecule has 3 nitrogen and oxygen atoms in total. The first kappa shape index (κ1) is 18.5. The van der Waals surface area contributed by atoms with Crippen LogP contribution in [0.5, 0.6) is 0 Å². The number of hydrogen-bond donors (Lipinski definition) is 0. The monoisotopic (exact) mass is 387 g/mol. The number of aryl methyl sites for hydroxylation is 1. The lowest BCUT2D eigenvalue weighted by molar-refractivity contribution is -0.00379. The van der Waals surface area contributed by atoms with Crippen molar-refractivity contribution in [1.29, 1.82) is 0 Å². The Labute approximate surface area is 173 Å². The van der Waals surface area contributed by atoms with Gasteiger partial charge in [0.05, 0.1) is 18.2 Å². The van der Waals surface area contributed by atoms with Gasteiger partial charge in [0.1, 0.15) is 0 Å². The summed E-state index contributed by atoms with van der Waals surface area (Å²) in [6, 6.07) is 15.5. The lowest BCUT2D eigenvalue weighted by Crippen LogP contribution is -2.56. The van der Waals surface area contributed by atoms with Crippen molar-refractivity contribution < 1.29 is 9.53 Å². The quantitative estimate of drug-likeness (QED) is 0.540. The molecule has 0 aromatic heterocycles. The van der Waals surface area contributed by atoms with Crippen LogP contribution in [0.15, 0.2) is 42.5 Å². The Kier molecular flexibility index (Phi) is 4.49. The zero-order chi connectivity index (χ0) is 20.0. The van der Waals surface area contributed by atoms with E-state index in [0.717, 1.165) is 19.3 Å². The zero-order valence-corrected chi connectivity index (χ0v) is 17.4. The number of carbonyl (C=O) groups excluding carboxylic acids is 1. The number of fused-ring (bicyclic) bond motifs is 8. The lowest BCUT2D eigenvalue weighted by Gasteiger charge is -2.53. The van der Waals surface area contributed by atoms with Gasteiger partial charge in [0.2, 0.25) is 0 Å². The van der Waals surface area contributed by atoms with Crippen LogP contribution in [0.3, 0.4) is 0 Å². The highest BCUT2D eigenvalue weighted by Gasteiger charge is 2.56. The largest absolute Gasteiger partial charge is 0.449 e. The Bertz CT molecular complexity index is 992. The summed E-state index contributed by atoms with van der Waals surface area (Å²) >= 11 is 0. The lowest BCUT2D eigenvalue weighted by atomic mass is 9.71. The van der Waals surface area contributed by atoms with Crippen molar-refractivity contribution in [1.82, 2.24) is 4.90 Å². The normalized spacial score (nSPS) is 24.2. The fourth-order valence-electron chi connectivity index (χ4n) is 5.69. The molecule has 29 heavy (non-hydrogen) atoms. The summed E-state index contributed by atoms with van der Waals surface area (Å²) in [4.78, 5) is 15.3. The van der Waals surface area contributed by atoms with Crippen LogP contribution in [0.2, 0.25) is 0 Å². The van der Waals surface area contributed by atoms with Crippen LogP contribution < -0.4 is 0 Å². The molecule has 2 heterocycles. The van der Waals surface area contributed by atoms with Crippen LogP contribution >= 0.6 is 0 Å². The van der Waals surface area contributed by atoms with E-state index in [0.29, 0.717) is 6.61 Å². The van der Waals surface area contributed by atoms with Crippen LogP contribution in [-0.4, -0.2) is 17.6 Å². The van der Waals surface area contributed by atoms with Crippen molar-refractivity contribution in [2.75, 3.05) is 6.61 Å². The van der Waals surface area contributed by atoms with Crippen LogP contribution in [-0.2, 0) is 10.3 Å². The van der Waals surface area contributed by atoms with Gasteiger partial charge in [-0.3, -0.25) is 4.90 Å². The molecular formula is C26H29NO2. The van der Waals surface area contributed by atoms with Crippen LogP contribution in [0.4, 0.5) is 4.79 Å². The van der Waals surface area contributed by atoms with Crippen LogP contribution in [0.25, 0.3) is 11.6 Å². The maximum atomic E-state index is 13.2. The molecule has 2 aromatic carbocycles. The van der Waals surface area contributed by atoms with Gasteiger partial charge in [-0.1, -0.05) is 80.6 Å². The molecule has 2 aliphatic heterocycles. The predicted octanol–water partition coefficient (Wildman–Crippen LogP) is 6.61. The molecule has 0 radical (unpaired) electrons. The molecule has 5 rings (SSSR count). The summed E-state index contributed by atoms with van der Waals surface area (Å²) in [5.41, 5.74) is 7.23. The zero-order valence-electron chi connectivity index (χ0n) is 17.4. The molecule has 1 fully saturated rings. The third kappa shape index (κ3) is 2.67. The number of nitrogens with zero attached hydrogens (tertiary/aromatic N) is 1. The van der Waals surface area contributed by atoms with Crippen molar-refractivity contribution in [3.63, 3.8) is 0 Å². The van der Waals surface area contributed by atoms with Gasteiger partial charge in [0, 0.05) is 6.42 Å². The molecule has 0 saturated carbocycles. The van der Waals surface area contributed by atoms with E-state index in [2.05, 4.69) is 67.3 Å². The Morgan fingerprint density at radius 3 is 2.86 bits per heavy atom. The summed E-state index contributed by atoms with van der Waals surface area (Å²) in [6.45, 7) is 4.88. The van der Waals surface area contributed by atoms with Crippen molar-refractivity contribution in [3.8, 4) is 0 Å². The Morgan fingerprint density at radius 1 is 1.14 bits per heavy atom. The second-order valence-electron chi connectivity index (χ2n) is 8.70. The van der Waals surface area contributed by atoms with Gasteiger partial charge < -0.3 is 4.74 Å². The minimum absolute atomic E-state index is 0.0861. The summed E-state index contributed by atoms with van der Waals surface area (Å²) in [5, 5.41) is 0. The highest BCUT2D eigenvalue weighted by Crippen LogP contribution is 2.60. The number of ether oxygens (including phenoxy) is 1.